The molecule has 1 aromatic heterocycles. The number of rotatable bonds is 4. The van der Waals surface area contributed by atoms with Crippen LogP contribution in [0.3, 0.4) is 0 Å². The molecule has 1 saturated heterocycles. The van der Waals surface area contributed by atoms with Crippen molar-refractivity contribution >= 4 is 11.9 Å². The molecule has 1 aliphatic rings. The molecule has 2 rings (SSSR count). The first-order valence-corrected chi connectivity index (χ1v) is 7.02. The molecule has 0 amide bonds. The number of anilines is 1. The second-order valence-corrected chi connectivity index (χ2v) is 5.68. The van der Waals surface area contributed by atoms with Gasteiger partial charge in [0.1, 0.15) is 0 Å². The van der Waals surface area contributed by atoms with Crippen LogP contribution in [-0.4, -0.2) is 58.7 Å². The molecule has 0 radical (unpaired) electrons. The van der Waals surface area contributed by atoms with Crippen molar-refractivity contribution in [3.8, 4) is 0 Å². The van der Waals surface area contributed by atoms with Crippen molar-refractivity contribution in [3.63, 3.8) is 0 Å². The van der Waals surface area contributed by atoms with Crippen molar-refractivity contribution in [1.29, 1.82) is 0 Å². The van der Waals surface area contributed by atoms with E-state index in [0.717, 1.165) is 32.7 Å². The minimum atomic E-state index is -1.00. The smallest absolute Gasteiger partial charge is 0.354 e. The monoisotopic (exact) mass is 278 g/mol. The number of hydrogen-bond acceptors (Lipinski definition) is 5. The summed E-state index contributed by atoms with van der Waals surface area (Å²) < 4.78 is 0. The summed E-state index contributed by atoms with van der Waals surface area (Å²) in [6.45, 7) is 11.0. The predicted molar refractivity (Wildman–Crippen MR) is 77.2 cm³/mol. The van der Waals surface area contributed by atoms with Gasteiger partial charge in [-0.3, -0.25) is 4.90 Å². The van der Waals surface area contributed by atoms with Crippen LogP contribution in [0.1, 0.15) is 30.0 Å². The number of aryl methyl sites for hydroxylation is 1. The Kier molecular flexibility index (Phi) is 4.54. The molecule has 1 N–H and O–H groups in total. The van der Waals surface area contributed by atoms with E-state index in [0.29, 0.717) is 17.6 Å². The van der Waals surface area contributed by atoms with E-state index in [1.165, 1.54) is 6.07 Å². The van der Waals surface area contributed by atoms with Gasteiger partial charge in [-0.1, -0.05) is 13.8 Å². The number of aromatic nitrogens is 2. The molecule has 0 unspecified atom stereocenters. The molecule has 110 valence electrons. The predicted octanol–water partition coefficient (Wildman–Crippen LogP) is 1.26. The molecule has 2 heterocycles. The third kappa shape index (κ3) is 3.66. The van der Waals surface area contributed by atoms with Gasteiger partial charge < -0.3 is 10.0 Å². The van der Waals surface area contributed by atoms with Gasteiger partial charge in [0.25, 0.3) is 0 Å². The highest BCUT2D eigenvalue weighted by Gasteiger charge is 2.20. The van der Waals surface area contributed by atoms with Gasteiger partial charge >= 0.3 is 5.97 Å². The summed E-state index contributed by atoms with van der Waals surface area (Å²) in [6.07, 6.45) is 0. The number of carbonyl (C=O) groups is 1. The van der Waals surface area contributed by atoms with Crippen molar-refractivity contribution in [2.45, 2.75) is 20.8 Å². The molecular weight excluding hydrogens is 256 g/mol. The first-order valence-electron chi connectivity index (χ1n) is 7.02. The first kappa shape index (κ1) is 14.7. The van der Waals surface area contributed by atoms with E-state index in [2.05, 4.69) is 33.6 Å². The average molecular weight is 278 g/mol. The SMILES string of the molecule is Cc1cc(C(=O)O)nc(N2CCN(CC(C)C)CC2)n1. The number of carboxylic acid groups (broad SMARTS) is 1. The molecule has 0 atom stereocenters. The highest BCUT2D eigenvalue weighted by molar-refractivity contribution is 5.85. The van der Waals surface area contributed by atoms with Crippen molar-refractivity contribution in [2.75, 3.05) is 37.6 Å². The first-order chi connectivity index (χ1) is 9.45. The summed E-state index contributed by atoms with van der Waals surface area (Å²) in [5.41, 5.74) is 0.758. The number of carboxylic acids is 1. The van der Waals surface area contributed by atoms with Crippen LogP contribution in [0.25, 0.3) is 0 Å². The molecule has 0 aliphatic carbocycles. The summed E-state index contributed by atoms with van der Waals surface area (Å²) >= 11 is 0. The fourth-order valence-electron chi connectivity index (χ4n) is 2.45. The Balaban J connectivity index is 2.05. The lowest BCUT2D eigenvalue weighted by atomic mass is 10.2. The normalized spacial score (nSPS) is 16.7. The van der Waals surface area contributed by atoms with Crippen molar-refractivity contribution in [3.05, 3.63) is 17.5 Å². The standard InChI is InChI=1S/C14H22N4O2/c1-10(2)9-17-4-6-18(7-5-17)14-15-11(3)8-12(16-14)13(19)20/h8,10H,4-7,9H2,1-3H3,(H,19,20). The number of hydrogen-bond donors (Lipinski definition) is 1. The van der Waals surface area contributed by atoms with E-state index >= 15 is 0 Å². The van der Waals surface area contributed by atoms with Crippen molar-refractivity contribution in [1.82, 2.24) is 14.9 Å². The number of piperazine rings is 1. The molecule has 6 heteroatoms. The lowest BCUT2D eigenvalue weighted by Gasteiger charge is -2.35. The topological polar surface area (TPSA) is 69.6 Å². The van der Waals surface area contributed by atoms with E-state index in [4.69, 9.17) is 5.11 Å². The molecule has 1 aliphatic heterocycles. The van der Waals surface area contributed by atoms with Gasteiger partial charge in [0, 0.05) is 38.4 Å². The van der Waals surface area contributed by atoms with Crippen LogP contribution < -0.4 is 4.90 Å². The zero-order chi connectivity index (χ0) is 14.7. The lowest BCUT2D eigenvalue weighted by molar-refractivity contribution is 0.0690. The minimum absolute atomic E-state index is 0.0668. The second kappa shape index (κ2) is 6.17. The highest BCUT2D eigenvalue weighted by Crippen LogP contribution is 2.14. The quantitative estimate of drug-likeness (QED) is 0.894. The van der Waals surface area contributed by atoms with Gasteiger partial charge in [0.05, 0.1) is 0 Å². The summed E-state index contributed by atoms with van der Waals surface area (Å²) in [5.74, 6) is 0.192. The van der Waals surface area contributed by atoms with E-state index in [1.807, 2.05) is 0 Å². The summed E-state index contributed by atoms with van der Waals surface area (Å²) in [4.78, 5) is 24.0. The van der Waals surface area contributed by atoms with Crippen LogP contribution in [0, 0.1) is 12.8 Å². The number of nitrogens with zero attached hydrogens (tertiary/aromatic N) is 4. The van der Waals surface area contributed by atoms with Crippen LogP contribution in [0.15, 0.2) is 6.07 Å². The molecule has 0 bridgehead atoms. The lowest BCUT2D eigenvalue weighted by Crippen LogP contribution is -2.48. The zero-order valence-corrected chi connectivity index (χ0v) is 12.3. The van der Waals surface area contributed by atoms with E-state index in [-0.39, 0.29) is 5.69 Å². The summed E-state index contributed by atoms with van der Waals surface area (Å²) in [5, 5.41) is 9.06. The van der Waals surface area contributed by atoms with E-state index < -0.39 is 5.97 Å². The van der Waals surface area contributed by atoms with Crippen LogP contribution in [-0.2, 0) is 0 Å². The van der Waals surface area contributed by atoms with Gasteiger partial charge in [0.2, 0.25) is 5.95 Å². The molecular formula is C14H22N4O2. The molecule has 20 heavy (non-hydrogen) atoms. The van der Waals surface area contributed by atoms with Crippen LogP contribution in [0.2, 0.25) is 0 Å². The minimum Gasteiger partial charge on any atom is -0.477 e. The van der Waals surface area contributed by atoms with Crippen molar-refractivity contribution in [2.24, 2.45) is 5.92 Å². The van der Waals surface area contributed by atoms with E-state index in [9.17, 15) is 4.79 Å². The van der Waals surface area contributed by atoms with Gasteiger partial charge in [0.15, 0.2) is 5.69 Å². The average Bonchev–Trinajstić information content (AvgIpc) is 2.38. The van der Waals surface area contributed by atoms with Gasteiger partial charge in [-0.25, -0.2) is 14.8 Å². The maximum absolute atomic E-state index is 11.0. The van der Waals surface area contributed by atoms with E-state index in [1.54, 1.807) is 6.92 Å². The largest absolute Gasteiger partial charge is 0.477 e. The Morgan fingerprint density at radius 3 is 2.50 bits per heavy atom. The van der Waals surface area contributed by atoms with Gasteiger partial charge in [-0.15, -0.1) is 0 Å². The Hall–Kier alpha value is -1.69. The Morgan fingerprint density at radius 1 is 1.30 bits per heavy atom. The molecule has 0 aromatic carbocycles. The molecule has 6 nitrogen and oxygen atoms in total. The number of aromatic carboxylic acids is 1. The zero-order valence-electron chi connectivity index (χ0n) is 12.3. The van der Waals surface area contributed by atoms with Gasteiger partial charge in [-0.2, -0.15) is 0 Å². The summed E-state index contributed by atoms with van der Waals surface area (Å²) in [7, 11) is 0. The molecule has 1 fully saturated rings. The fourth-order valence-corrected chi connectivity index (χ4v) is 2.45. The van der Waals surface area contributed by atoms with Crippen LogP contribution >= 0.6 is 0 Å². The molecule has 0 spiro atoms. The third-order valence-corrected chi connectivity index (χ3v) is 3.34. The summed E-state index contributed by atoms with van der Waals surface area (Å²) in [6, 6.07) is 1.50. The molecule has 0 saturated carbocycles. The highest BCUT2D eigenvalue weighted by atomic mass is 16.4. The van der Waals surface area contributed by atoms with Crippen LogP contribution in [0.4, 0.5) is 5.95 Å². The van der Waals surface area contributed by atoms with Crippen LogP contribution in [0.5, 0.6) is 0 Å². The molecule has 1 aromatic rings. The fraction of sp³-hybridized carbons (Fsp3) is 0.643. The van der Waals surface area contributed by atoms with Crippen molar-refractivity contribution < 1.29 is 9.90 Å². The Morgan fingerprint density at radius 2 is 1.95 bits per heavy atom. The van der Waals surface area contributed by atoms with Gasteiger partial charge in [-0.05, 0) is 18.9 Å². The Bertz CT molecular complexity index is 482. The Labute approximate surface area is 119 Å². The maximum atomic E-state index is 11.0. The third-order valence-electron chi connectivity index (χ3n) is 3.34. The second-order valence-electron chi connectivity index (χ2n) is 5.68. The maximum Gasteiger partial charge on any atom is 0.354 e.